The molecule has 0 spiro atoms. The maximum atomic E-state index is 5.92. The first kappa shape index (κ1) is 12.4. The Hall–Kier alpha value is -1.02. The van der Waals surface area contributed by atoms with Gasteiger partial charge in [0, 0.05) is 12.0 Å². The summed E-state index contributed by atoms with van der Waals surface area (Å²) in [6, 6.07) is 9.10. The number of likely N-dealkylation sites (N-methyl/N-ethyl adjacent to an activating group) is 1. The lowest BCUT2D eigenvalue weighted by Crippen LogP contribution is -2.27. The van der Waals surface area contributed by atoms with Gasteiger partial charge in [-0.1, -0.05) is 24.6 Å². The van der Waals surface area contributed by atoms with E-state index in [-0.39, 0.29) is 6.10 Å². The SMILES string of the molecule is CNC1CCCC1c1ccccc1OC(C)C. The monoisotopic (exact) mass is 233 g/mol. The lowest BCUT2D eigenvalue weighted by atomic mass is 9.93. The lowest BCUT2D eigenvalue weighted by molar-refractivity contribution is 0.238. The van der Waals surface area contributed by atoms with E-state index in [1.165, 1.54) is 24.8 Å². The Labute approximate surface area is 104 Å². The number of benzene rings is 1. The minimum Gasteiger partial charge on any atom is -0.491 e. The topological polar surface area (TPSA) is 21.3 Å². The molecule has 1 aromatic carbocycles. The summed E-state index contributed by atoms with van der Waals surface area (Å²) in [7, 11) is 2.06. The van der Waals surface area contributed by atoms with Crippen molar-refractivity contribution in [3.05, 3.63) is 29.8 Å². The van der Waals surface area contributed by atoms with Gasteiger partial charge in [0.2, 0.25) is 0 Å². The highest BCUT2D eigenvalue weighted by atomic mass is 16.5. The molecule has 0 heterocycles. The molecule has 1 aromatic rings. The molecular formula is C15H23NO. The molecule has 0 radical (unpaired) electrons. The predicted molar refractivity (Wildman–Crippen MR) is 71.6 cm³/mol. The summed E-state index contributed by atoms with van der Waals surface area (Å²) in [5.41, 5.74) is 1.37. The van der Waals surface area contributed by atoms with Crippen LogP contribution in [0.1, 0.15) is 44.6 Å². The molecule has 0 saturated heterocycles. The van der Waals surface area contributed by atoms with Crippen molar-refractivity contribution in [1.82, 2.24) is 5.32 Å². The summed E-state index contributed by atoms with van der Waals surface area (Å²) in [5, 5.41) is 3.44. The number of nitrogens with one attached hydrogen (secondary N) is 1. The van der Waals surface area contributed by atoms with Crippen LogP contribution in [0, 0.1) is 0 Å². The van der Waals surface area contributed by atoms with E-state index in [1.807, 2.05) is 0 Å². The molecule has 1 aliphatic rings. The van der Waals surface area contributed by atoms with Crippen LogP contribution in [-0.2, 0) is 0 Å². The summed E-state index contributed by atoms with van der Waals surface area (Å²) >= 11 is 0. The largest absolute Gasteiger partial charge is 0.491 e. The minimum atomic E-state index is 0.241. The van der Waals surface area contributed by atoms with Crippen LogP contribution in [0.15, 0.2) is 24.3 Å². The van der Waals surface area contributed by atoms with Gasteiger partial charge in [0.15, 0.2) is 0 Å². The molecule has 2 atom stereocenters. The van der Waals surface area contributed by atoms with Gasteiger partial charge in [-0.05, 0) is 45.4 Å². The van der Waals surface area contributed by atoms with Crippen LogP contribution in [0.4, 0.5) is 0 Å². The Kier molecular flexibility index (Phi) is 4.06. The third-order valence-corrected chi connectivity index (χ3v) is 3.57. The van der Waals surface area contributed by atoms with Gasteiger partial charge in [-0.3, -0.25) is 0 Å². The van der Waals surface area contributed by atoms with Gasteiger partial charge >= 0.3 is 0 Å². The van der Waals surface area contributed by atoms with Crippen LogP contribution in [0.3, 0.4) is 0 Å². The molecule has 1 saturated carbocycles. The highest BCUT2D eigenvalue weighted by Gasteiger charge is 2.29. The van der Waals surface area contributed by atoms with Gasteiger partial charge in [-0.25, -0.2) is 0 Å². The highest BCUT2D eigenvalue weighted by molar-refractivity contribution is 5.38. The summed E-state index contributed by atoms with van der Waals surface area (Å²) < 4.78 is 5.92. The van der Waals surface area contributed by atoms with Crippen molar-refractivity contribution in [3.63, 3.8) is 0 Å². The summed E-state index contributed by atoms with van der Waals surface area (Å²) in [5.74, 6) is 1.67. The summed E-state index contributed by atoms with van der Waals surface area (Å²) in [6.07, 6.45) is 4.10. The molecule has 2 nitrogen and oxygen atoms in total. The minimum absolute atomic E-state index is 0.241. The molecule has 0 bridgehead atoms. The Morgan fingerprint density at radius 1 is 1.24 bits per heavy atom. The molecule has 2 heteroatoms. The first-order chi connectivity index (χ1) is 8.22. The van der Waals surface area contributed by atoms with Gasteiger partial charge < -0.3 is 10.1 Å². The zero-order chi connectivity index (χ0) is 12.3. The first-order valence-electron chi connectivity index (χ1n) is 6.65. The fourth-order valence-corrected chi connectivity index (χ4v) is 2.83. The van der Waals surface area contributed by atoms with Gasteiger partial charge in [-0.15, -0.1) is 0 Å². The van der Waals surface area contributed by atoms with Crippen LogP contribution in [-0.4, -0.2) is 19.2 Å². The average Bonchev–Trinajstić information content (AvgIpc) is 2.77. The van der Waals surface area contributed by atoms with Crippen molar-refractivity contribution in [1.29, 1.82) is 0 Å². The van der Waals surface area contributed by atoms with Crippen molar-refractivity contribution >= 4 is 0 Å². The Balaban J connectivity index is 2.24. The highest BCUT2D eigenvalue weighted by Crippen LogP contribution is 2.39. The van der Waals surface area contributed by atoms with E-state index in [0.29, 0.717) is 12.0 Å². The normalized spacial score (nSPS) is 24.2. The zero-order valence-corrected chi connectivity index (χ0v) is 11.1. The van der Waals surface area contributed by atoms with Gasteiger partial charge in [0.1, 0.15) is 5.75 Å². The molecule has 0 amide bonds. The Morgan fingerprint density at radius 3 is 2.71 bits per heavy atom. The Morgan fingerprint density at radius 2 is 2.00 bits per heavy atom. The van der Waals surface area contributed by atoms with Crippen LogP contribution < -0.4 is 10.1 Å². The van der Waals surface area contributed by atoms with Crippen molar-refractivity contribution in [2.75, 3.05) is 7.05 Å². The molecule has 2 unspecified atom stereocenters. The quantitative estimate of drug-likeness (QED) is 0.861. The lowest BCUT2D eigenvalue weighted by Gasteiger charge is -2.23. The molecule has 17 heavy (non-hydrogen) atoms. The second-order valence-electron chi connectivity index (χ2n) is 5.14. The number of hydrogen-bond donors (Lipinski definition) is 1. The molecule has 1 fully saturated rings. The molecule has 0 aliphatic heterocycles. The summed E-state index contributed by atoms with van der Waals surface area (Å²) in [4.78, 5) is 0. The fraction of sp³-hybridized carbons (Fsp3) is 0.600. The van der Waals surface area contributed by atoms with Crippen molar-refractivity contribution < 1.29 is 4.74 Å². The van der Waals surface area contributed by atoms with E-state index >= 15 is 0 Å². The van der Waals surface area contributed by atoms with E-state index < -0.39 is 0 Å². The third kappa shape index (κ3) is 2.81. The molecule has 1 aliphatic carbocycles. The van der Waals surface area contributed by atoms with Crippen LogP contribution in [0.2, 0.25) is 0 Å². The van der Waals surface area contributed by atoms with Gasteiger partial charge in [0.05, 0.1) is 6.10 Å². The maximum Gasteiger partial charge on any atom is 0.123 e. The third-order valence-electron chi connectivity index (χ3n) is 3.57. The van der Waals surface area contributed by atoms with Crippen molar-refractivity contribution in [2.45, 2.75) is 51.2 Å². The number of ether oxygens (including phenoxy) is 1. The number of para-hydroxylation sites is 1. The summed E-state index contributed by atoms with van der Waals surface area (Å²) in [6.45, 7) is 4.17. The molecule has 0 aromatic heterocycles. The molecule has 1 N–H and O–H groups in total. The fourth-order valence-electron chi connectivity index (χ4n) is 2.83. The first-order valence-corrected chi connectivity index (χ1v) is 6.65. The smallest absolute Gasteiger partial charge is 0.123 e. The number of rotatable bonds is 4. The predicted octanol–water partition coefficient (Wildman–Crippen LogP) is 3.33. The second-order valence-corrected chi connectivity index (χ2v) is 5.14. The molecule has 2 rings (SSSR count). The average molecular weight is 233 g/mol. The number of hydrogen-bond acceptors (Lipinski definition) is 2. The Bertz CT molecular complexity index is 362. The molecular weight excluding hydrogens is 210 g/mol. The van der Waals surface area contributed by atoms with E-state index in [0.717, 1.165) is 5.75 Å². The van der Waals surface area contributed by atoms with Crippen LogP contribution in [0.5, 0.6) is 5.75 Å². The molecule has 94 valence electrons. The van der Waals surface area contributed by atoms with Gasteiger partial charge in [0.25, 0.3) is 0 Å². The zero-order valence-electron chi connectivity index (χ0n) is 11.1. The standard InChI is InChI=1S/C15H23NO/c1-11(2)17-15-10-5-4-7-13(15)12-8-6-9-14(12)16-3/h4-5,7,10-12,14,16H,6,8-9H2,1-3H3. The van der Waals surface area contributed by atoms with Crippen molar-refractivity contribution in [3.8, 4) is 5.75 Å². The van der Waals surface area contributed by atoms with Gasteiger partial charge in [-0.2, -0.15) is 0 Å². The van der Waals surface area contributed by atoms with E-state index in [1.54, 1.807) is 0 Å². The van der Waals surface area contributed by atoms with Crippen LogP contribution >= 0.6 is 0 Å². The maximum absolute atomic E-state index is 5.92. The van der Waals surface area contributed by atoms with E-state index in [4.69, 9.17) is 4.74 Å². The van der Waals surface area contributed by atoms with E-state index in [9.17, 15) is 0 Å². The second kappa shape index (κ2) is 5.54. The van der Waals surface area contributed by atoms with Crippen molar-refractivity contribution in [2.24, 2.45) is 0 Å². The van der Waals surface area contributed by atoms with E-state index in [2.05, 4.69) is 50.5 Å². The van der Waals surface area contributed by atoms with Crippen LogP contribution in [0.25, 0.3) is 0 Å².